The highest BCUT2D eigenvalue weighted by molar-refractivity contribution is 6.34. The van der Waals surface area contributed by atoms with Crippen molar-refractivity contribution in [3.05, 3.63) is 63.2 Å². The lowest BCUT2D eigenvalue weighted by Gasteiger charge is -2.25. The summed E-state index contributed by atoms with van der Waals surface area (Å²) in [5, 5.41) is 0.141. The molecule has 28 heavy (non-hydrogen) atoms. The van der Waals surface area contributed by atoms with Crippen LogP contribution in [0.2, 0.25) is 10.0 Å². The van der Waals surface area contributed by atoms with Crippen LogP contribution in [0.5, 0.6) is 11.5 Å². The average molecular weight is 436 g/mol. The Morgan fingerprint density at radius 3 is 2.29 bits per heavy atom. The smallest absolute Gasteiger partial charge is 0.205 e. The minimum atomic E-state index is -1.67. The van der Waals surface area contributed by atoms with Gasteiger partial charge < -0.3 is 9.47 Å². The van der Waals surface area contributed by atoms with Gasteiger partial charge in [0.1, 0.15) is 5.75 Å². The molecule has 2 aromatic carbocycles. The molecule has 0 atom stereocenters. The van der Waals surface area contributed by atoms with Gasteiger partial charge in [0.2, 0.25) is 17.4 Å². The SMILES string of the molecule is Fc1c(F)c(Oc2cc(Cl)ccc2Cl)c(F)c(F)c1/C=C/CN1CCOCC1. The van der Waals surface area contributed by atoms with Gasteiger partial charge in [0, 0.05) is 30.7 Å². The molecule has 1 saturated heterocycles. The Morgan fingerprint density at radius 2 is 1.64 bits per heavy atom. The second-order valence-corrected chi connectivity index (χ2v) is 6.83. The molecule has 0 unspecified atom stereocenters. The Morgan fingerprint density at radius 1 is 1.00 bits per heavy atom. The number of morpholine rings is 1. The molecule has 3 rings (SSSR count). The molecule has 9 heteroatoms. The minimum Gasteiger partial charge on any atom is -0.449 e. The number of hydrogen-bond acceptors (Lipinski definition) is 3. The fourth-order valence-electron chi connectivity index (χ4n) is 2.63. The molecule has 1 fully saturated rings. The van der Waals surface area contributed by atoms with Crippen molar-refractivity contribution in [1.29, 1.82) is 0 Å². The van der Waals surface area contributed by atoms with E-state index in [9.17, 15) is 17.6 Å². The maximum Gasteiger partial charge on any atom is 0.205 e. The zero-order valence-electron chi connectivity index (χ0n) is 14.5. The van der Waals surface area contributed by atoms with Crippen molar-refractivity contribution in [2.75, 3.05) is 32.8 Å². The lowest BCUT2D eigenvalue weighted by molar-refractivity contribution is 0.0435. The lowest BCUT2D eigenvalue weighted by atomic mass is 10.1. The summed E-state index contributed by atoms with van der Waals surface area (Å²) >= 11 is 11.6. The van der Waals surface area contributed by atoms with Gasteiger partial charge in [-0.15, -0.1) is 0 Å². The molecule has 1 aliphatic rings. The van der Waals surface area contributed by atoms with Gasteiger partial charge >= 0.3 is 0 Å². The van der Waals surface area contributed by atoms with E-state index in [0.717, 1.165) is 6.08 Å². The Hall–Kier alpha value is -1.80. The largest absolute Gasteiger partial charge is 0.449 e. The third-order valence-electron chi connectivity index (χ3n) is 4.11. The van der Waals surface area contributed by atoms with Crippen LogP contribution in [-0.2, 0) is 4.74 Å². The quantitative estimate of drug-likeness (QED) is 0.444. The summed E-state index contributed by atoms with van der Waals surface area (Å²) in [7, 11) is 0. The third-order valence-corrected chi connectivity index (χ3v) is 4.66. The number of benzene rings is 2. The molecular weight excluding hydrogens is 421 g/mol. The summed E-state index contributed by atoms with van der Waals surface area (Å²) in [6, 6.07) is 3.92. The molecule has 2 aromatic rings. The van der Waals surface area contributed by atoms with Crippen LogP contribution >= 0.6 is 23.2 Å². The van der Waals surface area contributed by atoms with Crippen molar-refractivity contribution >= 4 is 29.3 Å². The predicted molar refractivity (Wildman–Crippen MR) is 99.1 cm³/mol. The van der Waals surface area contributed by atoms with Crippen LogP contribution in [0.4, 0.5) is 17.6 Å². The Labute approximate surface area is 169 Å². The molecule has 150 valence electrons. The summed E-state index contributed by atoms with van der Waals surface area (Å²) in [4.78, 5) is 1.97. The second-order valence-electron chi connectivity index (χ2n) is 5.99. The van der Waals surface area contributed by atoms with Crippen LogP contribution in [0.25, 0.3) is 6.08 Å². The van der Waals surface area contributed by atoms with Crippen molar-refractivity contribution in [1.82, 2.24) is 4.90 Å². The third kappa shape index (κ3) is 4.60. The van der Waals surface area contributed by atoms with E-state index in [1.165, 1.54) is 24.3 Å². The zero-order chi connectivity index (χ0) is 20.3. The molecule has 0 radical (unpaired) electrons. The van der Waals surface area contributed by atoms with E-state index in [-0.39, 0.29) is 15.8 Å². The first-order chi connectivity index (χ1) is 13.4. The standard InChI is InChI=1S/C19H15Cl2F4NO2/c20-11-3-4-13(21)14(10-11)28-19-17(24)15(22)12(16(23)18(19)25)2-1-5-26-6-8-27-9-7-26/h1-4,10H,5-9H2/b2-1+. The van der Waals surface area contributed by atoms with Crippen molar-refractivity contribution < 1.29 is 27.0 Å². The molecule has 0 saturated carbocycles. The molecule has 0 aromatic heterocycles. The van der Waals surface area contributed by atoms with E-state index >= 15 is 0 Å². The van der Waals surface area contributed by atoms with Crippen molar-refractivity contribution in [2.45, 2.75) is 0 Å². The first-order valence-electron chi connectivity index (χ1n) is 8.34. The first-order valence-corrected chi connectivity index (χ1v) is 9.09. The normalized spacial score (nSPS) is 15.4. The molecule has 0 aliphatic carbocycles. The van der Waals surface area contributed by atoms with Crippen LogP contribution in [0.3, 0.4) is 0 Å². The van der Waals surface area contributed by atoms with E-state index < -0.39 is 34.6 Å². The van der Waals surface area contributed by atoms with Crippen molar-refractivity contribution in [3.8, 4) is 11.5 Å². The topological polar surface area (TPSA) is 21.7 Å². The highest BCUT2D eigenvalue weighted by atomic mass is 35.5. The minimum absolute atomic E-state index is 0.0292. The van der Waals surface area contributed by atoms with Gasteiger partial charge in [-0.1, -0.05) is 35.4 Å². The molecule has 0 spiro atoms. The number of halogens is 6. The van der Waals surface area contributed by atoms with Gasteiger partial charge in [0.05, 0.1) is 23.8 Å². The van der Waals surface area contributed by atoms with E-state index in [0.29, 0.717) is 32.8 Å². The van der Waals surface area contributed by atoms with Gasteiger partial charge in [-0.2, -0.15) is 8.78 Å². The number of ether oxygens (including phenoxy) is 2. The lowest BCUT2D eigenvalue weighted by Crippen LogP contribution is -2.36. The number of rotatable bonds is 5. The fourth-order valence-corrected chi connectivity index (χ4v) is 2.95. The van der Waals surface area contributed by atoms with Gasteiger partial charge in [-0.25, -0.2) is 8.78 Å². The zero-order valence-corrected chi connectivity index (χ0v) is 16.0. The van der Waals surface area contributed by atoms with Crippen LogP contribution < -0.4 is 4.74 Å². The van der Waals surface area contributed by atoms with Crippen LogP contribution in [-0.4, -0.2) is 37.7 Å². The highest BCUT2D eigenvalue weighted by Gasteiger charge is 2.26. The van der Waals surface area contributed by atoms with Gasteiger partial charge in [-0.05, 0) is 12.1 Å². The monoisotopic (exact) mass is 435 g/mol. The summed E-state index contributed by atoms with van der Waals surface area (Å²) in [5.41, 5.74) is -0.826. The molecule has 1 aliphatic heterocycles. The van der Waals surface area contributed by atoms with E-state index in [1.807, 2.05) is 4.90 Å². The van der Waals surface area contributed by atoms with Crippen LogP contribution in [0.1, 0.15) is 5.56 Å². The van der Waals surface area contributed by atoms with Gasteiger partial charge in [-0.3, -0.25) is 4.90 Å². The molecule has 0 bridgehead atoms. The summed E-state index contributed by atoms with van der Waals surface area (Å²) in [6.45, 7) is 2.79. The highest BCUT2D eigenvalue weighted by Crippen LogP contribution is 2.37. The van der Waals surface area contributed by atoms with Crippen molar-refractivity contribution in [3.63, 3.8) is 0 Å². The molecule has 0 amide bonds. The molecular formula is C19H15Cl2F4NO2. The Kier molecular flexibility index (Phi) is 6.82. The molecule has 0 N–H and O–H groups in total. The summed E-state index contributed by atoms with van der Waals surface area (Å²) in [6.07, 6.45) is 2.43. The maximum absolute atomic E-state index is 14.4. The summed E-state index contributed by atoms with van der Waals surface area (Å²) < 4.78 is 67.6. The van der Waals surface area contributed by atoms with Crippen LogP contribution in [0.15, 0.2) is 24.3 Å². The summed E-state index contributed by atoms with van der Waals surface area (Å²) in [5.74, 6) is -7.93. The van der Waals surface area contributed by atoms with E-state index in [1.54, 1.807) is 0 Å². The van der Waals surface area contributed by atoms with E-state index in [2.05, 4.69) is 0 Å². The first kappa shape index (κ1) is 20.9. The van der Waals surface area contributed by atoms with Crippen LogP contribution in [0, 0.1) is 23.3 Å². The molecule has 3 nitrogen and oxygen atoms in total. The van der Waals surface area contributed by atoms with E-state index in [4.69, 9.17) is 32.7 Å². The Bertz CT molecular complexity index is 873. The average Bonchev–Trinajstić information content (AvgIpc) is 2.69. The fraction of sp³-hybridized carbons (Fsp3) is 0.263. The molecule has 1 heterocycles. The van der Waals surface area contributed by atoms with Crippen molar-refractivity contribution in [2.24, 2.45) is 0 Å². The van der Waals surface area contributed by atoms with Gasteiger partial charge in [0.15, 0.2) is 11.6 Å². The number of nitrogens with zero attached hydrogens (tertiary/aromatic N) is 1. The second kappa shape index (κ2) is 9.13. The Balaban J connectivity index is 1.87. The number of hydrogen-bond donors (Lipinski definition) is 0. The van der Waals surface area contributed by atoms with Gasteiger partial charge in [0.25, 0.3) is 0 Å². The maximum atomic E-state index is 14.4. The predicted octanol–water partition coefficient (Wildman–Crippen LogP) is 5.69.